The number of benzene rings is 4. The van der Waals surface area contributed by atoms with Crippen molar-refractivity contribution in [3.05, 3.63) is 112 Å². The quantitative estimate of drug-likeness (QED) is 0.221. The van der Waals surface area contributed by atoms with Crippen molar-refractivity contribution < 1.29 is 9.47 Å². The fraction of sp³-hybridized carbons (Fsp3) is 0.194. The first-order valence-corrected chi connectivity index (χ1v) is 13.1. The molecule has 178 valence electrons. The summed E-state index contributed by atoms with van der Waals surface area (Å²) in [5.41, 5.74) is 3.75. The van der Waals surface area contributed by atoms with Gasteiger partial charge in [-0.25, -0.2) is 4.98 Å². The molecule has 0 radical (unpaired) electrons. The van der Waals surface area contributed by atoms with Crippen LogP contribution in [0.15, 0.2) is 95.5 Å². The van der Waals surface area contributed by atoms with Gasteiger partial charge in [-0.1, -0.05) is 70.5 Å². The molecule has 0 N–H and O–H groups in total. The molecule has 2 bridgehead atoms. The minimum Gasteiger partial charge on any atom is -0.439 e. The van der Waals surface area contributed by atoms with Crippen LogP contribution in [0.25, 0.3) is 21.7 Å². The molecule has 4 nitrogen and oxygen atoms in total. The van der Waals surface area contributed by atoms with Crippen LogP contribution in [-0.4, -0.2) is 30.2 Å². The molecule has 1 aromatic heterocycles. The third-order valence-corrected chi connectivity index (χ3v) is 8.09. The van der Waals surface area contributed by atoms with Gasteiger partial charge in [0.2, 0.25) is 5.88 Å². The number of nitrogens with zero attached hydrogens (tertiary/aromatic N) is 2. The van der Waals surface area contributed by atoms with Gasteiger partial charge < -0.3 is 9.47 Å². The van der Waals surface area contributed by atoms with Gasteiger partial charge >= 0.3 is 0 Å². The second kappa shape index (κ2) is 8.41. The van der Waals surface area contributed by atoms with Gasteiger partial charge in [-0.2, -0.15) is 0 Å². The Morgan fingerprint density at radius 2 is 1.75 bits per heavy atom. The molecule has 0 aliphatic carbocycles. The minimum atomic E-state index is -0.580. The standard InChI is InChI=1S/C31H25BrN2O2/c1-34-14-13-31(35-19-34)27-18-24(16-21-9-5-6-10-25(21)27)36-30-26(29(31)20-7-3-2-4-8-20)17-22-15-23(32)11-12-28(22)33-30/h2-12,15-18,29H,13-14,19H2,1H3/t29-,31-/m1/s1. The normalized spacial score (nSPS) is 21.7. The number of halogens is 1. The number of fused-ring (bicyclic) bond motifs is 7. The number of hydrogen-bond acceptors (Lipinski definition) is 4. The van der Waals surface area contributed by atoms with E-state index in [1.165, 1.54) is 16.5 Å². The predicted molar refractivity (Wildman–Crippen MR) is 147 cm³/mol. The number of pyridine rings is 1. The highest BCUT2D eigenvalue weighted by Crippen LogP contribution is 2.54. The van der Waals surface area contributed by atoms with Crippen LogP contribution in [0.3, 0.4) is 0 Å². The molecule has 5 aromatic rings. The summed E-state index contributed by atoms with van der Waals surface area (Å²) < 4.78 is 14.6. The molecule has 36 heavy (non-hydrogen) atoms. The van der Waals surface area contributed by atoms with Gasteiger partial charge in [0.05, 0.1) is 5.52 Å². The van der Waals surface area contributed by atoms with Crippen molar-refractivity contribution in [1.82, 2.24) is 9.88 Å². The summed E-state index contributed by atoms with van der Waals surface area (Å²) in [6.45, 7) is 1.50. The molecule has 3 heterocycles. The van der Waals surface area contributed by atoms with Gasteiger partial charge in [-0.3, -0.25) is 4.90 Å². The number of aromatic nitrogens is 1. The van der Waals surface area contributed by atoms with Crippen LogP contribution in [0.5, 0.6) is 11.6 Å². The van der Waals surface area contributed by atoms with Gasteiger partial charge in [0.15, 0.2) is 0 Å². The highest BCUT2D eigenvalue weighted by Gasteiger charge is 2.48. The van der Waals surface area contributed by atoms with E-state index >= 15 is 0 Å². The lowest BCUT2D eigenvalue weighted by atomic mass is 9.69. The van der Waals surface area contributed by atoms with E-state index in [0.29, 0.717) is 12.6 Å². The molecule has 5 heteroatoms. The van der Waals surface area contributed by atoms with Gasteiger partial charge in [-0.15, -0.1) is 0 Å². The van der Waals surface area contributed by atoms with E-state index in [4.69, 9.17) is 14.5 Å². The van der Waals surface area contributed by atoms with E-state index in [1.807, 2.05) is 12.1 Å². The summed E-state index contributed by atoms with van der Waals surface area (Å²) in [6.07, 6.45) is 0.854. The Morgan fingerprint density at radius 3 is 2.58 bits per heavy atom. The van der Waals surface area contributed by atoms with Crippen molar-refractivity contribution in [2.75, 3.05) is 20.3 Å². The van der Waals surface area contributed by atoms with E-state index in [0.717, 1.165) is 45.0 Å². The maximum absolute atomic E-state index is 6.99. The topological polar surface area (TPSA) is 34.6 Å². The van der Waals surface area contributed by atoms with Gasteiger partial charge in [-0.05, 0) is 71.8 Å². The van der Waals surface area contributed by atoms with E-state index in [9.17, 15) is 0 Å². The van der Waals surface area contributed by atoms with E-state index < -0.39 is 5.60 Å². The van der Waals surface area contributed by atoms with Crippen LogP contribution in [0.2, 0.25) is 0 Å². The smallest absolute Gasteiger partial charge is 0.223 e. The van der Waals surface area contributed by atoms with Crippen LogP contribution < -0.4 is 4.74 Å². The van der Waals surface area contributed by atoms with Crippen molar-refractivity contribution >= 4 is 37.6 Å². The van der Waals surface area contributed by atoms with E-state index in [-0.39, 0.29) is 5.92 Å². The van der Waals surface area contributed by atoms with Crippen molar-refractivity contribution in [3.8, 4) is 11.6 Å². The Labute approximate surface area is 218 Å². The average Bonchev–Trinajstić information content (AvgIpc) is 2.90. The zero-order valence-electron chi connectivity index (χ0n) is 19.9. The monoisotopic (exact) mass is 536 g/mol. The summed E-state index contributed by atoms with van der Waals surface area (Å²) in [4.78, 5) is 7.29. The Hall–Kier alpha value is -3.25. The van der Waals surface area contributed by atoms with Gasteiger partial charge in [0.25, 0.3) is 0 Å². The lowest BCUT2D eigenvalue weighted by molar-refractivity contribution is -0.145. The second-order valence-corrected chi connectivity index (χ2v) is 10.8. The summed E-state index contributed by atoms with van der Waals surface area (Å²) in [5.74, 6) is 1.33. The molecule has 0 amide bonds. The predicted octanol–water partition coefficient (Wildman–Crippen LogP) is 7.59. The van der Waals surface area contributed by atoms with Gasteiger partial charge in [0.1, 0.15) is 18.1 Å². The first-order chi connectivity index (χ1) is 17.6. The largest absolute Gasteiger partial charge is 0.439 e. The molecule has 1 saturated heterocycles. The zero-order chi connectivity index (χ0) is 24.3. The summed E-state index contributed by atoms with van der Waals surface area (Å²) in [5, 5.41) is 3.42. The maximum Gasteiger partial charge on any atom is 0.223 e. The molecule has 1 spiro atoms. The second-order valence-electron chi connectivity index (χ2n) is 9.85. The van der Waals surface area contributed by atoms with Crippen molar-refractivity contribution in [1.29, 1.82) is 0 Å². The summed E-state index contributed by atoms with van der Waals surface area (Å²) in [7, 11) is 2.12. The van der Waals surface area contributed by atoms with Crippen LogP contribution in [0.4, 0.5) is 0 Å². The summed E-state index contributed by atoms with van der Waals surface area (Å²) >= 11 is 3.64. The lowest BCUT2D eigenvalue weighted by Crippen LogP contribution is -2.47. The SMILES string of the molecule is CN1CC[C@@]2(OC1)c1cc(cc3ccccc13)Oc1nc3ccc(Br)cc3cc1[C@H]2c1ccccc1. The fourth-order valence-corrected chi connectivity index (χ4v) is 6.28. The Bertz CT molecular complexity index is 1610. The molecule has 2 aliphatic rings. The van der Waals surface area contributed by atoms with Gasteiger partial charge in [0, 0.05) is 27.9 Å². The molecule has 4 aromatic carbocycles. The first-order valence-electron chi connectivity index (χ1n) is 12.3. The molecule has 2 atom stereocenters. The molecule has 0 unspecified atom stereocenters. The number of ether oxygens (including phenoxy) is 2. The fourth-order valence-electron chi connectivity index (χ4n) is 5.90. The summed E-state index contributed by atoms with van der Waals surface area (Å²) in [6, 6.07) is 32.0. The van der Waals surface area contributed by atoms with Crippen LogP contribution in [0, 0.1) is 0 Å². The van der Waals surface area contributed by atoms with E-state index in [1.54, 1.807) is 0 Å². The lowest BCUT2D eigenvalue weighted by Gasteiger charge is -2.47. The maximum atomic E-state index is 6.99. The van der Waals surface area contributed by atoms with Crippen LogP contribution in [0.1, 0.15) is 29.0 Å². The van der Waals surface area contributed by atoms with E-state index in [2.05, 4.69) is 107 Å². The van der Waals surface area contributed by atoms with Crippen LogP contribution in [-0.2, 0) is 10.3 Å². The molecule has 1 fully saturated rings. The number of rotatable bonds is 1. The molecule has 0 saturated carbocycles. The Kier molecular flexibility index (Phi) is 5.14. The molecular weight excluding hydrogens is 512 g/mol. The molecule has 2 aliphatic heterocycles. The molecular formula is C31H25BrN2O2. The number of hydrogen-bond donors (Lipinski definition) is 0. The Balaban J connectivity index is 1.61. The first kappa shape index (κ1) is 22.0. The molecule has 7 rings (SSSR count). The third kappa shape index (κ3) is 3.46. The average molecular weight is 537 g/mol. The van der Waals surface area contributed by atoms with Crippen molar-refractivity contribution in [3.63, 3.8) is 0 Å². The third-order valence-electron chi connectivity index (χ3n) is 7.59. The highest BCUT2D eigenvalue weighted by molar-refractivity contribution is 9.10. The van der Waals surface area contributed by atoms with Crippen LogP contribution >= 0.6 is 15.9 Å². The van der Waals surface area contributed by atoms with Crippen molar-refractivity contribution in [2.24, 2.45) is 0 Å². The highest BCUT2D eigenvalue weighted by atomic mass is 79.9. The zero-order valence-corrected chi connectivity index (χ0v) is 21.5. The Morgan fingerprint density at radius 1 is 0.917 bits per heavy atom. The minimum absolute atomic E-state index is 0.0998. The van der Waals surface area contributed by atoms with Crippen molar-refractivity contribution in [2.45, 2.75) is 17.9 Å².